The van der Waals surface area contributed by atoms with Crippen molar-refractivity contribution in [1.29, 1.82) is 0 Å². The van der Waals surface area contributed by atoms with Crippen molar-refractivity contribution in [2.24, 2.45) is 5.92 Å². The maximum absolute atomic E-state index is 12.6. The predicted octanol–water partition coefficient (Wildman–Crippen LogP) is 5.05. The third-order valence-corrected chi connectivity index (χ3v) is 5.80. The molecule has 0 atom stereocenters. The Morgan fingerprint density at radius 2 is 1.71 bits per heavy atom. The minimum absolute atomic E-state index is 0.0545. The molecule has 0 bridgehead atoms. The van der Waals surface area contributed by atoms with Gasteiger partial charge in [0.25, 0.3) is 5.91 Å². The Bertz CT molecular complexity index is 1210. The van der Waals surface area contributed by atoms with Crippen LogP contribution < -0.4 is 10.6 Å². The van der Waals surface area contributed by atoms with Crippen LogP contribution >= 0.6 is 11.3 Å². The molecular weight excluding hydrogens is 370 g/mol. The fourth-order valence-corrected chi connectivity index (χ4v) is 4.06. The van der Waals surface area contributed by atoms with Crippen LogP contribution in [0.25, 0.3) is 21.0 Å². The number of amides is 2. The van der Waals surface area contributed by atoms with Gasteiger partial charge in [0.2, 0.25) is 5.91 Å². The highest BCUT2D eigenvalue weighted by atomic mass is 32.1. The molecule has 6 heteroatoms. The first-order valence-corrected chi connectivity index (χ1v) is 9.99. The van der Waals surface area contributed by atoms with Gasteiger partial charge in [0.15, 0.2) is 5.13 Å². The Morgan fingerprint density at radius 1 is 0.929 bits per heavy atom. The molecule has 1 heterocycles. The maximum Gasteiger partial charge on any atom is 0.257 e. The SMILES string of the molecule is O=C(Nc1nc2c(ccc3ccccc32)s1)c1ccc(NC(=O)C2CC2)cc1. The highest BCUT2D eigenvalue weighted by molar-refractivity contribution is 7.22. The molecule has 1 fully saturated rings. The van der Waals surface area contributed by atoms with Crippen molar-refractivity contribution in [3.8, 4) is 0 Å². The first-order valence-electron chi connectivity index (χ1n) is 9.18. The van der Waals surface area contributed by atoms with E-state index in [9.17, 15) is 9.59 Å². The molecule has 5 nitrogen and oxygen atoms in total. The molecule has 138 valence electrons. The number of nitrogens with one attached hydrogen (secondary N) is 2. The van der Waals surface area contributed by atoms with Crippen molar-refractivity contribution in [3.63, 3.8) is 0 Å². The minimum atomic E-state index is -0.219. The van der Waals surface area contributed by atoms with Crippen LogP contribution in [0.1, 0.15) is 23.2 Å². The van der Waals surface area contributed by atoms with Gasteiger partial charge in [-0.3, -0.25) is 14.9 Å². The summed E-state index contributed by atoms with van der Waals surface area (Å²) < 4.78 is 1.03. The number of thiazole rings is 1. The second-order valence-corrected chi connectivity index (χ2v) is 7.98. The topological polar surface area (TPSA) is 71.1 Å². The van der Waals surface area contributed by atoms with E-state index in [0.717, 1.165) is 33.8 Å². The Kier molecular flexibility index (Phi) is 4.06. The number of rotatable bonds is 4. The lowest BCUT2D eigenvalue weighted by atomic mass is 10.1. The molecular formula is C22H17N3O2S. The Labute approximate surface area is 165 Å². The monoisotopic (exact) mass is 387 g/mol. The van der Waals surface area contributed by atoms with E-state index in [-0.39, 0.29) is 17.7 Å². The summed E-state index contributed by atoms with van der Waals surface area (Å²) in [6, 6.07) is 19.1. The minimum Gasteiger partial charge on any atom is -0.326 e. The van der Waals surface area contributed by atoms with Gasteiger partial charge in [-0.15, -0.1) is 0 Å². The molecule has 4 aromatic rings. The van der Waals surface area contributed by atoms with Crippen LogP contribution in [-0.2, 0) is 4.79 Å². The number of anilines is 2. The Hall–Kier alpha value is -3.25. The van der Waals surface area contributed by atoms with Crippen LogP contribution in [0.3, 0.4) is 0 Å². The summed E-state index contributed by atoms with van der Waals surface area (Å²) in [5.74, 6) is -0.0135. The highest BCUT2D eigenvalue weighted by Gasteiger charge is 2.29. The molecule has 28 heavy (non-hydrogen) atoms. The van der Waals surface area contributed by atoms with Gasteiger partial charge in [-0.05, 0) is 48.6 Å². The van der Waals surface area contributed by atoms with E-state index in [4.69, 9.17) is 0 Å². The molecule has 2 amide bonds. The maximum atomic E-state index is 12.6. The number of hydrogen-bond acceptors (Lipinski definition) is 4. The van der Waals surface area contributed by atoms with Crippen molar-refractivity contribution in [3.05, 3.63) is 66.2 Å². The van der Waals surface area contributed by atoms with Gasteiger partial charge >= 0.3 is 0 Å². The van der Waals surface area contributed by atoms with Crippen molar-refractivity contribution in [2.45, 2.75) is 12.8 Å². The van der Waals surface area contributed by atoms with E-state index < -0.39 is 0 Å². The standard InChI is InChI=1S/C22H17N3O2S/c26-20(14-5-6-14)23-16-10-7-15(8-11-16)21(27)25-22-24-19-17-4-2-1-3-13(17)9-12-18(19)28-22/h1-4,7-12,14H,5-6H2,(H,23,26)(H,24,25,27). The number of fused-ring (bicyclic) bond motifs is 3. The molecule has 0 radical (unpaired) electrons. The van der Waals surface area contributed by atoms with Crippen LogP contribution in [0.2, 0.25) is 0 Å². The molecule has 0 spiro atoms. The number of carbonyl (C=O) groups is 2. The van der Waals surface area contributed by atoms with E-state index in [1.54, 1.807) is 24.3 Å². The van der Waals surface area contributed by atoms with E-state index in [0.29, 0.717) is 16.4 Å². The van der Waals surface area contributed by atoms with Crippen molar-refractivity contribution >= 4 is 55.0 Å². The summed E-state index contributed by atoms with van der Waals surface area (Å²) in [5, 5.41) is 8.53. The van der Waals surface area contributed by atoms with Gasteiger partial charge in [0, 0.05) is 22.6 Å². The van der Waals surface area contributed by atoms with Crippen molar-refractivity contribution < 1.29 is 9.59 Å². The average molecular weight is 387 g/mol. The van der Waals surface area contributed by atoms with Gasteiger partial charge in [0.05, 0.1) is 10.2 Å². The molecule has 1 aliphatic rings. The zero-order chi connectivity index (χ0) is 19.1. The molecule has 2 N–H and O–H groups in total. The molecule has 1 aliphatic carbocycles. The van der Waals surface area contributed by atoms with E-state index >= 15 is 0 Å². The third kappa shape index (κ3) is 3.23. The van der Waals surface area contributed by atoms with Crippen LogP contribution in [0.4, 0.5) is 10.8 Å². The molecule has 0 aliphatic heterocycles. The average Bonchev–Trinajstić information content (AvgIpc) is 3.48. The molecule has 3 aromatic carbocycles. The van der Waals surface area contributed by atoms with Gasteiger partial charge in [-0.25, -0.2) is 4.98 Å². The molecule has 0 unspecified atom stereocenters. The van der Waals surface area contributed by atoms with Gasteiger partial charge in [-0.2, -0.15) is 0 Å². The number of carbonyl (C=O) groups excluding carboxylic acids is 2. The zero-order valence-electron chi connectivity index (χ0n) is 14.9. The second kappa shape index (κ2) is 6.73. The molecule has 0 saturated heterocycles. The summed E-state index contributed by atoms with van der Waals surface area (Å²) in [6.07, 6.45) is 1.92. The summed E-state index contributed by atoms with van der Waals surface area (Å²) in [5.41, 5.74) is 2.13. The first kappa shape index (κ1) is 16.9. The van der Waals surface area contributed by atoms with Gasteiger partial charge in [-0.1, -0.05) is 41.7 Å². The predicted molar refractivity (Wildman–Crippen MR) is 113 cm³/mol. The summed E-state index contributed by atoms with van der Waals surface area (Å²) >= 11 is 1.46. The fraction of sp³-hybridized carbons (Fsp3) is 0.136. The lowest BCUT2D eigenvalue weighted by molar-refractivity contribution is -0.117. The zero-order valence-corrected chi connectivity index (χ0v) is 15.8. The molecule has 5 rings (SSSR count). The lowest BCUT2D eigenvalue weighted by Crippen LogP contribution is -2.14. The summed E-state index contributed by atoms with van der Waals surface area (Å²) in [6.45, 7) is 0. The van der Waals surface area contributed by atoms with Crippen molar-refractivity contribution in [1.82, 2.24) is 4.98 Å². The summed E-state index contributed by atoms with van der Waals surface area (Å²) in [7, 11) is 0. The lowest BCUT2D eigenvalue weighted by Gasteiger charge is -2.06. The van der Waals surface area contributed by atoms with Gasteiger partial charge < -0.3 is 5.32 Å². The number of hydrogen-bond donors (Lipinski definition) is 2. The highest BCUT2D eigenvalue weighted by Crippen LogP contribution is 2.32. The first-order chi connectivity index (χ1) is 13.7. The van der Waals surface area contributed by atoms with Crippen LogP contribution in [-0.4, -0.2) is 16.8 Å². The second-order valence-electron chi connectivity index (χ2n) is 6.95. The smallest absolute Gasteiger partial charge is 0.257 e. The Morgan fingerprint density at radius 3 is 2.50 bits per heavy atom. The quantitative estimate of drug-likeness (QED) is 0.515. The fourth-order valence-electron chi connectivity index (χ4n) is 3.18. The van der Waals surface area contributed by atoms with Crippen LogP contribution in [0.5, 0.6) is 0 Å². The molecule has 1 saturated carbocycles. The number of benzene rings is 3. The van der Waals surface area contributed by atoms with Crippen LogP contribution in [0, 0.1) is 5.92 Å². The number of aromatic nitrogens is 1. The van der Waals surface area contributed by atoms with E-state index in [2.05, 4.69) is 27.8 Å². The van der Waals surface area contributed by atoms with Crippen molar-refractivity contribution in [2.75, 3.05) is 10.6 Å². The molecule has 1 aromatic heterocycles. The normalized spacial score (nSPS) is 13.6. The number of nitrogens with zero attached hydrogens (tertiary/aromatic N) is 1. The van der Waals surface area contributed by atoms with Crippen LogP contribution in [0.15, 0.2) is 60.7 Å². The van der Waals surface area contributed by atoms with E-state index in [1.165, 1.54) is 11.3 Å². The van der Waals surface area contributed by atoms with E-state index in [1.807, 2.05) is 24.3 Å². The summed E-state index contributed by atoms with van der Waals surface area (Å²) in [4.78, 5) is 29.0. The van der Waals surface area contributed by atoms with Gasteiger partial charge in [0.1, 0.15) is 0 Å². The largest absolute Gasteiger partial charge is 0.326 e. The Balaban J connectivity index is 1.34. The third-order valence-electron chi connectivity index (χ3n) is 4.87.